The molecule has 0 saturated carbocycles. The highest BCUT2D eigenvalue weighted by atomic mass is 32.2. The van der Waals surface area contributed by atoms with Crippen LogP contribution in [-0.2, 0) is 14.3 Å². The maximum Gasteiger partial charge on any atom is 0.336 e. The van der Waals surface area contributed by atoms with Crippen molar-refractivity contribution in [2.45, 2.75) is 20.0 Å². The van der Waals surface area contributed by atoms with Gasteiger partial charge in [-0.15, -0.1) is 0 Å². The summed E-state index contributed by atoms with van der Waals surface area (Å²) in [4.78, 5) is 48.6. The van der Waals surface area contributed by atoms with Crippen LogP contribution in [0, 0.1) is 0 Å². The van der Waals surface area contributed by atoms with Crippen molar-refractivity contribution in [2.24, 2.45) is 0 Å². The van der Waals surface area contributed by atoms with Gasteiger partial charge in [0.1, 0.15) is 18.1 Å². The van der Waals surface area contributed by atoms with Gasteiger partial charge in [-0.3, -0.25) is 19.3 Å². The third kappa shape index (κ3) is 4.57. The molecule has 2 aromatic rings. The van der Waals surface area contributed by atoms with Gasteiger partial charge in [0.15, 0.2) is 0 Å². The van der Waals surface area contributed by atoms with E-state index in [2.05, 4.69) is 0 Å². The topological polar surface area (TPSA) is 114 Å². The Labute approximate surface area is 170 Å². The van der Waals surface area contributed by atoms with Crippen LogP contribution < -0.4 is 0 Å². The number of benzene rings is 1. The number of carbonyl (C=O) groups excluding carboxylic acids is 3. The average molecular weight is 415 g/mol. The van der Waals surface area contributed by atoms with Gasteiger partial charge in [-0.05, 0) is 43.8 Å². The number of hydrogen-bond donors (Lipinski definition) is 1. The molecule has 1 aliphatic rings. The molecule has 2 heterocycles. The lowest BCUT2D eigenvalue weighted by atomic mass is 10.1. The van der Waals surface area contributed by atoms with E-state index in [9.17, 15) is 24.3 Å². The Hall–Kier alpha value is -3.33. The van der Waals surface area contributed by atoms with Crippen LogP contribution in [0.15, 0.2) is 45.7 Å². The van der Waals surface area contributed by atoms with Gasteiger partial charge in [0.2, 0.25) is 0 Å². The van der Waals surface area contributed by atoms with Crippen LogP contribution in [0.1, 0.15) is 30.0 Å². The van der Waals surface area contributed by atoms with E-state index in [1.54, 1.807) is 44.2 Å². The maximum atomic E-state index is 12.5. The smallest absolute Gasteiger partial charge is 0.336 e. The van der Waals surface area contributed by atoms with Gasteiger partial charge in [-0.2, -0.15) is 0 Å². The Kier molecular flexibility index (Phi) is 5.88. The molecule has 0 radical (unpaired) electrons. The van der Waals surface area contributed by atoms with E-state index in [0.717, 1.165) is 4.90 Å². The largest absolute Gasteiger partial charge is 0.478 e. The highest BCUT2D eigenvalue weighted by Crippen LogP contribution is 2.33. The molecule has 1 aliphatic heterocycles. The zero-order valence-electron chi connectivity index (χ0n) is 15.6. The van der Waals surface area contributed by atoms with Crippen LogP contribution in [0.5, 0.6) is 0 Å². The molecule has 1 aromatic heterocycles. The van der Waals surface area contributed by atoms with Gasteiger partial charge in [0, 0.05) is 11.6 Å². The summed E-state index contributed by atoms with van der Waals surface area (Å²) < 4.78 is 10.6. The number of furan rings is 1. The molecule has 1 aromatic carbocycles. The molecule has 0 atom stereocenters. The van der Waals surface area contributed by atoms with Gasteiger partial charge in [-0.25, -0.2) is 4.79 Å². The quantitative estimate of drug-likeness (QED) is 0.562. The first-order chi connectivity index (χ1) is 13.8. The third-order valence-corrected chi connectivity index (χ3v) is 4.76. The monoisotopic (exact) mass is 415 g/mol. The molecule has 1 fully saturated rings. The van der Waals surface area contributed by atoms with Gasteiger partial charge in [0.25, 0.3) is 11.1 Å². The van der Waals surface area contributed by atoms with Crippen molar-refractivity contribution in [3.05, 3.63) is 52.6 Å². The van der Waals surface area contributed by atoms with Gasteiger partial charge in [0.05, 0.1) is 16.6 Å². The zero-order chi connectivity index (χ0) is 21.1. The molecule has 2 amide bonds. The molecule has 150 valence electrons. The van der Waals surface area contributed by atoms with Crippen molar-refractivity contribution in [1.82, 2.24) is 4.90 Å². The van der Waals surface area contributed by atoms with Crippen molar-refractivity contribution in [2.75, 3.05) is 6.54 Å². The van der Waals surface area contributed by atoms with Crippen LogP contribution in [0.25, 0.3) is 17.4 Å². The van der Waals surface area contributed by atoms with Crippen LogP contribution in [0.4, 0.5) is 4.79 Å². The summed E-state index contributed by atoms with van der Waals surface area (Å²) in [5.74, 6) is -1.80. The summed E-state index contributed by atoms with van der Waals surface area (Å²) >= 11 is 0.687. The van der Waals surface area contributed by atoms with E-state index in [0.29, 0.717) is 23.1 Å². The number of nitrogens with zero attached hydrogens (tertiary/aromatic N) is 1. The fourth-order valence-electron chi connectivity index (χ4n) is 2.65. The number of imide groups is 1. The zero-order valence-corrected chi connectivity index (χ0v) is 16.4. The van der Waals surface area contributed by atoms with Crippen molar-refractivity contribution < 1.29 is 33.4 Å². The van der Waals surface area contributed by atoms with E-state index >= 15 is 0 Å². The summed E-state index contributed by atoms with van der Waals surface area (Å²) in [6.45, 7) is 2.88. The maximum absolute atomic E-state index is 12.5. The first kappa shape index (κ1) is 20.4. The summed E-state index contributed by atoms with van der Waals surface area (Å²) in [5, 5.41) is 8.72. The normalized spacial score (nSPS) is 15.4. The number of aromatic carboxylic acids is 1. The van der Waals surface area contributed by atoms with Crippen LogP contribution in [0.3, 0.4) is 0 Å². The van der Waals surface area contributed by atoms with Gasteiger partial charge < -0.3 is 14.3 Å². The lowest BCUT2D eigenvalue weighted by Gasteiger charge is -2.13. The Morgan fingerprint density at radius 2 is 1.93 bits per heavy atom. The SMILES string of the molecule is CC(C)OC(=O)CN1C(=O)S/C(=C\c2ccc(-c3ccccc3C(=O)O)o2)C1=O. The second-order valence-electron chi connectivity index (χ2n) is 6.36. The number of carboxylic acid groups (broad SMARTS) is 1. The summed E-state index contributed by atoms with van der Waals surface area (Å²) in [5.41, 5.74) is 0.474. The minimum atomic E-state index is -1.09. The number of hydrogen-bond acceptors (Lipinski definition) is 7. The van der Waals surface area contributed by atoms with Gasteiger partial charge in [-0.1, -0.05) is 18.2 Å². The molecule has 0 spiro atoms. The van der Waals surface area contributed by atoms with Crippen LogP contribution >= 0.6 is 11.8 Å². The highest BCUT2D eigenvalue weighted by Gasteiger charge is 2.37. The molecule has 29 heavy (non-hydrogen) atoms. The minimum absolute atomic E-state index is 0.0809. The van der Waals surface area contributed by atoms with E-state index in [1.807, 2.05) is 0 Å². The van der Waals surface area contributed by atoms with E-state index in [1.165, 1.54) is 12.1 Å². The Balaban J connectivity index is 1.80. The number of carbonyl (C=O) groups is 4. The molecule has 1 N–H and O–H groups in total. The second-order valence-corrected chi connectivity index (χ2v) is 7.35. The second kappa shape index (κ2) is 8.36. The summed E-state index contributed by atoms with van der Waals surface area (Å²) in [6, 6.07) is 9.51. The lowest BCUT2D eigenvalue weighted by molar-refractivity contribution is -0.149. The molecule has 0 unspecified atom stereocenters. The fourth-order valence-corrected chi connectivity index (χ4v) is 3.47. The molecule has 1 saturated heterocycles. The standard InChI is InChI=1S/C20H17NO7S/c1-11(2)27-17(22)10-21-18(23)16(29-20(21)26)9-12-7-8-15(28-12)13-5-3-4-6-14(13)19(24)25/h3-9,11H,10H2,1-2H3,(H,24,25)/b16-9-. The predicted molar refractivity (Wildman–Crippen MR) is 105 cm³/mol. The average Bonchev–Trinajstić information content (AvgIpc) is 3.21. The molecular formula is C20H17NO7S. The fraction of sp³-hybridized carbons (Fsp3) is 0.200. The Bertz CT molecular complexity index is 1020. The Morgan fingerprint density at radius 1 is 1.21 bits per heavy atom. The first-order valence-electron chi connectivity index (χ1n) is 8.63. The molecule has 8 nitrogen and oxygen atoms in total. The van der Waals surface area contributed by atoms with Crippen LogP contribution in [-0.4, -0.2) is 45.7 Å². The lowest BCUT2D eigenvalue weighted by Crippen LogP contribution is -2.35. The number of ether oxygens (including phenoxy) is 1. The summed E-state index contributed by atoms with van der Waals surface area (Å²) in [6.07, 6.45) is 1.03. The van der Waals surface area contributed by atoms with Crippen molar-refractivity contribution in [3.63, 3.8) is 0 Å². The number of carboxylic acids is 1. The number of rotatable bonds is 6. The van der Waals surface area contributed by atoms with Crippen molar-refractivity contribution in [3.8, 4) is 11.3 Å². The molecule has 0 bridgehead atoms. The van der Waals surface area contributed by atoms with Crippen molar-refractivity contribution >= 4 is 40.9 Å². The number of amides is 2. The van der Waals surface area contributed by atoms with E-state index in [4.69, 9.17) is 9.15 Å². The molecule has 3 rings (SSSR count). The van der Waals surface area contributed by atoms with E-state index < -0.39 is 29.6 Å². The third-order valence-electron chi connectivity index (χ3n) is 3.85. The molecule has 0 aliphatic carbocycles. The number of esters is 1. The minimum Gasteiger partial charge on any atom is -0.478 e. The van der Waals surface area contributed by atoms with Crippen LogP contribution in [0.2, 0.25) is 0 Å². The van der Waals surface area contributed by atoms with E-state index in [-0.39, 0.29) is 22.3 Å². The molecule has 9 heteroatoms. The predicted octanol–water partition coefficient (Wildman–Crippen LogP) is 3.63. The van der Waals surface area contributed by atoms with Crippen molar-refractivity contribution in [1.29, 1.82) is 0 Å². The highest BCUT2D eigenvalue weighted by molar-refractivity contribution is 8.18. The Morgan fingerprint density at radius 3 is 2.62 bits per heavy atom. The first-order valence-corrected chi connectivity index (χ1v) is 9.45. The van der Waals surface area contributed by atoms with Gasteiger partial charge >= 0.3 is 11.9 Å². The summed E-state index contributed by atoms with van der Waals surface area (Å²) in [7, 11) is 0. The number of thioether (sulfide) groups is 1. The molecular weight excluding hydrogens is 398 g/mol.